The summed E-state index contributed by atoms with van der Waals surface area (Å²) < 4.78 is 19.2. The number of ether oxygens (including phenoxy) is 1. The lowest BCUT2D eigenvalue weighted by atomic mass is 10.1. The Balaban J connectivity index is 1.38. The molecule has 6 nitrogen and oxygen atoms in total. The largest absolute Gasteiger partial charge is 0.497 e. The van der Waals surface area contributed by atoms with E-state index in [0.29, 0.717) is 44.2 Å². The van der Waals surface area contributed by atoms with Gasteiger partial charge in [-0.2, -0.15) is 0 Å². The highest BCUT2D eigenvalue weighted by molar-refractivity contribution is 6.00. The van der Waals surface area contributed by atoms with Gasteiger partial charge in [0.1, 0.15) is 11.6 Å². The summed E-state index contributed by atoms with van der Waals surface area (Å²) in [6.07, 6.45) is 0.212. The summed E-state index contributed by atoms with van der Waals surface area (Å²) >= 11 is 0. The highest BCUT2D eigenvalue weighted by atomic mass is 19.1. The molecule has 2 aliphatic rings. The molecule has 0 N–H and O–H groups in total. The summed E-state index contributed by atoms with van der Waals surface area (Å²) in [6.45, 7) is 2.58. The van der Waals surface area contributed by atoms with E-state index in [9.17, 15) is 14.0 Å². The standard InChI is InChI=1S/C22H24FN3O3/c1-29-18-6-4-5-17(14-18)26-15-16(13-21(26)27)22(28)25-11-9-24(10-12-25)20-8-3-2-7-19(20)23/h2-8,14,16H,9-13,15H2,1H3/t16-/m1/s1. The second-order valence-corrected chi connectivity index (χ2v) is 7.37. The van der Waals surface area contributed by atoms with Crippen LogP contribution in [0.4, 0.5) is 15.8 Å². The third-order valence-electron chi connectivity index (χ3n) is 5.62. The minimum Gasteiger partial charge on any atom is -0.497 e. The maximum absolute atomic E-state index is 14.0. The van der Waals surface area contributed by atoms with E-state index in [0.717, 1.165) is 5.69 Å². The van der Waals surface area contributed by atoms with Crippen LogP contribution in [0.5, 0.6) is 5.75 Å². The SMILES string of the molecule is COc1cccc(N2C[C@H](C(=O)N3CCN(c4ccccc4F)CC3)CC2=O)c1. The highest BCUT2D eigenvalue weighted by Crippen LogP contribution is 2.29. The predicted octanol–water partition coefficient (Wildman–Crippen LogP) is 2.54. The zero-order valence-corrected chi connectivity index (χ0v) is 16.4. The molecule has 2 aromatic rings. The molecule has 0 radical (unpaired) electrons. The van der Waals surface area contributed by atoms with E-state index in [-0.39, 0.29) is 30.0 Å². The normalized spacial score (nSPS) is 19.6. The van der Waals surface area contributed by atoms with Crippen molar-refractivity contribution in [1.29, 1.82) is 0 Å². The molecule has 152 valence electrons. The fraction of sp³-hybridized carbons (Fsp3) is 0.364. The Hall–Kier alpha value is -3.09. The Labute approximate surface area is 169 Å². The minimum absolute atomic E-state index is 0.00284. The van der Waals surface area contributed by atoms with E-state index >= 15 is 0 Å². The molecule has 2 heterocycles. The number of piperazine rings is 1. The summed E-state index contributed by atoms with van der Waals surface area (Å²) in [5, 5.41) is 0. The van der Waals surface area contributed by atoms with Crippen LogP contribution >= 0.6 is 0 Å². The van der Waals surface area contributed by atoms with Gasteiger partial charge in [-0.3, -0.25) is 9.59 Å². The first kappa shape index (κ1) is 19.2. The van der Waals surface area contributed by atoms with Crippen molar-refractivity contribution in [2.24, 2.45) is 5.92 Å². The average molecular weight is 397 g/mol. The molecular formula is C22H24FN3O3. The number of hydrogen-bond acceptors (Lipinski definition) is 4. The zero-order chi connectivity index (χ0) is 20.4. The van der Waals surface area contributed by atoms with Crippen molar-refractivity contribution in [2.45, 2.75) is 6.42 Å². The zero-order valence-electron chi connectivity index (χ0n) is 16.4. The van der Waals surface area contributed by atoms with Crippen LogP contribution in [0.2, 0.25) is 0 Å². The quantitative estimate of drug-likeness (QED) is 0.796. The van der Waals surface area contributed by atoms with E-state index in [1.165, 1.54) is 6.07 Å². The van der Waals surface area contributed by atoms with E-state index < -0.39 is 0 Å². The number of carbonyl (C=O) groups excluding carboxylic acids is 2. The maximum atomic E-state index is 14.0. The lowest BCUT2D eigenvalue weighted by Gasteiger charge is -2.37. The molecule has 0 saturated carbocycles. The molecule has 1 atom stereocenters. The lowest BCUT2D eigenvalue weighted by Crippen LogP contribution is -2.51. The molecule has 2 aromatic carbocycles. The van der Waals surface area contributed by atoms with Gasteiger partial charge in [0.25, 0.3) is 0 Å². The summed E-state index contributed by atoms with van der Waals surface area (Å²) in [4.78, 5) is 30.9. The number of anilines is 2. The number of halogens is 1. The topological polar surface area (TPSA) is 53.1 Å². The second kappa shape index (κ2) is 8.11. The smallest absolute Gasteiger partial charge is 0.228 e. The van der Waals surface area contributed by atoms with Crippen LogP contribution in [0.1, 0.15) is 6.42 Å². The molecule has 0 spiro atoms. The summed E-state index contributed by atoms with van der Waals surface area (Å²) in [5.74, 6) is 0.0178. The monoisotopic (exact) mass is 397 g/mol. The molecule has 0 aromatic heterocycles. The van der Waals surface area contributed by atoms with Gasteiger partial charge >= 0.3 is 0 Å². The number of para-hydroxylation sites is 1. The summed E-state index contributed by atoms with van der Waals surface area (Å²) in [6, 6.07) is 14.0. The van der Waals surface area contributed by atoms with Crippen molar-refractivity contribution < 1.29 is 18.7 Å². The Morgan fingerprint density at radius 2 is 1.83 bits per heavy atom. The lowest BCUT2D eigenvalue weighted by molar-refractivity contribution is -0.136. The van der Waals surface area contributed by atoms with Crippen LogP contribution in [0.25, 0.3) is 0 Å². The van der Waals surface area contributed by atoms with Crippen molar-refractivity contribution >= 4 is 23.2 Å². The van der Waals surface area contributed by atoms with Gasteiger partial charge in [0.2, 0.25) is 11.8 Å². The van der Waals surface area contributed by atoms with E-state index in [1.54, 1.807) is 35.1 Å². The number of methoxy groups -OCH3 is 1. The predicted molar refractivity (Wildman–Crippen MR) is 109 cm³/mol. The Bertz CT molecular complexity index is 912. The maximum Gasteiger partial charge on any atom is 0.228 e. The Morgan fingerprint density at radius 1 is 1.07 bits per heavy atom. The van der Waals surface area contributed by atoms with E-state index in [2.05, 4.69) is 0 Å². The Morgan fingerprint density at radius 3 is 2.55 bits per heavy atom. The first-order valence-electron chi connectivity index (χ1n) is 9.79. The van der Waals surface area contributed by atoms with Crippen LogP contribution in [-0.2, 0) is 9.59 Å². The number of carbonyl (C=O) groups is 2. The first-order valence-corrected chi connectivity index (χ1v) is 9.79. The molecular weight excluding hydrogens is 373 g/mol. The van der Waals surface area contributed by atoms with Crippen molar-refractivity contribution in [3.05, 3.63) is 54.3 Å². The first-order chi connectivity index (χ1) is 14.1. The van der Waals surface area contributed by atoms with Crippen LogP contribution < -0.4 is 14.5 Å². The van der Waals surface area contributed by atoms with Gasteiger partial charge in [-0.1, -0.05) is 18.2 Å². The molecule has 0 aliphatic carbocycles. The highest BCUT2D eigenvalue weighted by Gasteiger charge is 2.38. The number of amides is 2. The summed E-state index contributed by atoms with van der Waals surface area (Å²) in [5.41, 5.74) is 1.31. The third kappa shape index (κ3) is 3.90. The minimum atomic E-state index is -0.353. The Kier molecular flexibility index (Phi) is 5.38. The molecule has 0 unspecified atom stereocenters. The molecule has 7 heteroatoms. The summed E-state index contributed by atoms with van der Waals surface area (Å²) in [7, 11) is 1.58. The van der Waals surface area contributed by atoms with Crippen LogP contribution in [0, 0.1) is 11.7 Å². The van der Waals surface area contributed by atoms with Gasteiger partial charge in [-0.05, 0) is 24.3 Å². The van der Waals surface area contributed by atoms with Crippen molar-refractivity contribution in [3.63, 3.8) is 0 Å². The molecule has 2 fully saturated rings. The molecule has 2 aliphatic heterocycles. The average Bonchev–Trinajstić information content (AvgIpc) is 3.15. The van der Waals surface area contributed by atoms with Gasteiger partial charge in [-0.15, -0.1) is 0 Å². The fourth-order valence-corrected chi connectivity index (χ4v) is 4.04. The van der Waals surface area contributed by atoms with Gasteiger partial charge in [0.05, 0.1) is 18.7 Å². The fourth-order valence-electron chi connectivity index (χ4n) is 4.04. The van der Waals surface area contributed by atoms with Crippen LogP contribution in [-0.4, -0.2) is 56.5 Å². The number of benzene rings is 2. The molecule has 2 amide bonds. The van der Waals surface area contributed by atoms with E-state index in [4.69, 9.17) is 4.74 Å². The van der Waals surface area contributed by atoms with Crippen molar-refractivity contribution in [1.82, 2.24) is 4.90 Å². The van der Waals surface area contributed by atoms with Gasteiger partial charge in [0.15, 0.2) is 0 Å². The van der Waals surface area contributed by atoms with Crippen molar-refractivity contribution in [3.8, 4) is 5.75 Å². The number of nitrogens with zero attached hydrogens (tertiary/aromatic N) is 3. The van der Waals surface area contributed by atoms with Crippen LogP contribution in [0.3, 0.4) is 0 Å². The molecule has 4 rings (SSSR count). The van der Waals surface area contributed by atoms with E-state index in [1.807, 2.05) is 29.2 Å². The molecule has 2 saturated heterocycles. The number of hydrogen-bond donors (Lipinski definition) is 0. The van der Waals surface area contributed by atoms with Gasteiger partial charge < -0.3 is 19.4 Å². The van der Waals surface area contributed by atoms with Gasteiger partial charge in [-0.25, -0.2) is 4.39 Å². The molecule has 29 heavy (non-hydrogen) atoms. The van der Waals surface area contributed by atoms with Gasteiger partial charge in [0, 0.05) is 50.9 Å². The third-order valence-corrected chi connectivity index (χ3v) is 5.62. The molecule has 0 bridgehead atoms. The van der Waals surface area contributed by atoms with Crippen LogP contribution in [0.15, 0.2) is 48.5 Å². The van der Waals surface area contributed by atoms with Crippen molar-refractivity contribution in [2.75, 3.05) is 49.6 Å². The second-order valence-electron chi connectivity index (χ2n) is 7.37. The number of rotatable bonds is 4.